The number of hydrogen-bond donors (Lipinski definition) is 0. The zero-order valence-electron chi connectivity index (χ0n) is 9.00. The SMILES string of the molecule is Cc1cccc(C#Cc2cccc(Br)c2)c1. The molecule has 2 aromatic carbocycles. The summed E-state index contributed by atoms with van der Waals surface area (Å²) >= 11 is 3.43. The molecule has 2 aromatic rings. The first-order chi connectivity index (χ1) is 7.74. The van der Waals surface area contributed by atoms with Crippen molar-refractivity contribution in [2.45, 2.75) is 6.92 Å². The highest BCUT2D eigenvalue weighted by molar-refractivity contribution is 9.10. The molecule has 0 spiro atoms. The van der Waals surface area contributed by atoms with Gasteiger partial charge in [-0.05, 0) is 42.8 Å². The van der Waals surface area contributed by atoms with Gasteiger partial charge in [-0.3, -0.25) is 0 Å². The lowest BCUT2D eigenvalue weighted by Gasteiger charge is -1.93. The van der Waals surface area contributed by atoms with Crippen molar-refractivity contribution in [1.29, 1.82) is 0 Å². The van der Waals surface area contributed by atoms with Crippen molar-refractivity contribution in [3.8, 4) is 11.8 Å². The van der Waals surface area contributed by atoms with Crippen molar-refractivity contribution < 1.29 is 0 Å². The van der Waals surface area contributed by atoms with Gasteiger partial charge < -0.3 is 0 Å². The second-order valence-electron chi connectivity index (χ2n) is 3.63. The number of benzene rings is 2. The van der Waals surface area contributed by atoms with Gasteiger partial charge in [0, 0.05) is 15.6 Å². The Labute approximate surface area is 104 Å². The Morgan fingerprint density at radius 3 is 2.12 bits per heavy atom. The van der Waals surface area contributed by atoms with Crippen LogP contribution < -0.4 is 0 Å². The lowest BCUT2D eigenvalue weighted by molar-refractivity contribution is 1.45. The lowest BCUT2D eigenvalue weighted by Crippen LogP contribution is -1.77. The van der Waals surface area contributed by atoms with E-state index in [2.05, 4.69) is 46.8 Å². The number of rotatable bonds is 0. The quantitative estimate of drug-likeness (QED) is 0.631. The monoisotopic (exact) mass is 270 g/mol. The van der Waals surface area contributed by atoms with E-state index in [4.69, 9.17) is 0 Å². The molecule has 0 heterocycles. The summed E-state index contributed by atoms with van der Waals surface area (Å²) in [5.74, 6) is 6.31. The molecule has 0 atom stereocenters. The molecule has 0 fully saturated rings. The number of hydrogen-bond acceptors (Lipinski definition) is 0. The molecule has 16 heavy (non-hydrogen) atoms. The minimum Gasteiger partial charge on any atom is -0.0616 e. The average molecular weight is 271 g/mol. The van der Waals surface area contributed by atoms with Crippen molar-refractivity contribution in [3.05, 3.63) is 69.7 Å². The van der Waals surface area contributed by atoms with Crippen LogP contribution in [0, 0.1) is 18.8 Å². The van der Waals surface area contributed by atoms with Gasteiger partial charge in [-0.1, -0.05) is 46.0 Å². The lowest BCUT2D eigenvalue weighted by atomic mass is 10.1. The van der Waals surface area contributed by atoms with Gasteiger partial charge in [-0.15, -0.1) is 0 Å². The van der Waals surface area contributed by atoms with Crippen LogP contribution in [-0.2, 0) is 0 Å². The van der Waals surface area contributed by atoms with Gasteiger partial charge in [-0.2, -0.15) is 0 Å². The molecule has 0 N–H and O–H groups in total. The molecule has 0 saturated heterocycles. The summed E-state index contributed by atoms with van der Waals surface area (Å²) in [6.45, 7) is 2.07. The molecule has 0 amide bonds. The Balaban J connectivity index is 2.28. The maximum absolute atomic E-state index is 3.43. The third kappa shape index (κ3) is 2.98. The third-order valence-corrected chi connectivity index (χ3v) is 2.69. The molecule has 0 aliphatic rings. The predicted molar refractivity (Wildman–Crippen MR) is 71.3 cm³/mol. The Bertz CT molecular complexity index is 509. The largest absolute Gasteiger partial charge is 0.0616 e. The molecule has 0 radical (unpaired) electrons. The van der Waals surface area contributed by atoms with Gasteiger partial charge in [0.1, 0.15) is 0 Å². The van der Waals surface area contributed by atoms with Gasteiger partial charge >= 0.3 is 0 Å². The van der Waals surface area contributed by atoms with Gasteiger partial charge in [0.15, 0.2) is 0 Å². The van der Waals surface area contributed by atoms with Crippen LogP contribution in [0.2, 0.25) is 0 Å². The Morgan fingerprint density at radius 1 is 0.875 bits per heavy atom. The highest BCUT2D eigenvalue weighted by atomic mass is 79.9. The van der Waals surface area contributed by atoms with E-state index >= 15 is 0 Å². The van der Waals surface area contributed by atoms with E-state index in [-0.39, 0.29) is 0 Å². The van der Waals surface area contributed by atoms with Crippen molar-refractivity contribution >= 4 is 15.9 Å². The Kier molecular flexibility index (Phi) is 3.44. The standard InChI is InChI=1S/C15H11Br/c1-12-4-2-5-13(10-12)8-9-14-6-3-7-15(16)11-14/h2-7,10-11H,1H3. The van der Waals surface area contributed by atoms with Gasteiger partial charge in [-0.25, -0.2) is 0 Å². The first kappa shape index (κ1) is 11.0. The molecule has 0 unspecified atom stereocenters. The molecule has 78 valence electrons. The van der Waals surface area contributed by atoms with E-state index < -0.39 is 0 Å². The predicted octanol–water partition coefficient (Wildman–Crippen LogP) is 4.16. The third-order valence-electron chi connectivity index (χ3n) is 2.19. The molecule has 0 bridgehead atoms. The van der Waals surface area contributed by atoms with Crippen LogP contribution >= 0.6 is 15.9 Å². The van der Waals surface area contributed by atoms with Crippen molar-refractivity contribution in [2.24, 2.45) is 0 Å². The number of halogens is 1. The van der Waals surface area contributed by atoms with Crippen LogP contribution in [0.15, 0.2) is 53.0 Å². The molecule has 1 heteroatoms. The minimum atomic E-state index is 1.02. The molecular formula is C15H11Br. The highest BCUT2D eigenvalue weighted by Crippen LogP contribution is 2.10. The first-order valence-electron chi connectivity index (χ1n) is 5.08. The second-order valence-corrected chi connectivity index (χ2v) is 4.55. The molecule has 0 aliphatic heterocycles. The van der Waals surface area contributed by atoms with Gasteiger partial charge in [0.2, 0.25) is 0 Å². The van der Waals surface area contributed by atoms with Gasteiger partial charge in [0.25, 0.3) is 0 Å². The highest BCUT2D eigenvalue weighted by Gasteiger charge is 1.89. The fraction of sp³-hybridized carbons (Fsp3) is 0.0667. The van der Waals surface area contributed by atoms with E-state index in [1.807, 2.05) is 36.4 Å². The fourth-order valence-corrected chi connectivity index (χ4v) is 1.83. The first-order valence-corrected chi connectivity index (χ1v) is 5.87. The molecule has 0 saturated carbocycles. The number of aryl methyl sites for hydroxylation is 1. The molecular weight excluding hydrogens is 260 g/mol. The fourth-order valence-electron chi connectivity index (χ4n) is 1.43. The average Bonchev–Trinajstić information content (AvgIpc) is 2.27. The van der Waals surface area contributed by atoms with Crippen LogP contribution in [0.1, 0.15) is 16.7 Å². The summed E-state index contributed by atoms with van der Waals surface area (Å²) in [6.07, 6.45) is 0. The minimum absolute atomic E-state index is 1.02. The van der Waals surface area contributed by atoms with Crippen molar-refractivity contribution in [3.63, 3.8) is 0 Å². The van der Waals surface area contributed by atoms with Crippen LogP contribution in [-0.4, -0.2) is 0 Å². The maximum atomic E-state index is 3.43. The van der Waals surface area contributed by atoms with Crippen LogP contribution in [0.5, 0.6) is 0 Å². The van der Waals surface area contributed by atoms with Crippen molar-refractivity contribution in [2.75, 3.05) is 0 Å². The summed E-state index contributed by atoms with van der Waals surface area (Å²) in [5.41, 5.74) is 3.32. The van der Waals surface area contributed by atoms with E-state index in [0.29, 0.717) is 0 Å². The molecule has 0 aliphatic carbocycles. The summed E-state index contributed by atoms with van der Waals surface area (Å²) in [7, 11) is 0. The molecule has 2 rings (SSSR count). The van der Waals surface area contributed by atoms with E-state index in [0.717, 1.165) is 15.6 Å². The van der Waals surface area contributed by atoms with E-state index in [1.165, 1.54) is 5.56 Å². The second kappa shape index (κ2) is 5.01. The zero-order valence-corrected chi connectivity index (χ0v) is 10.6. The molecule has 0 aromatic heterocycles. The van der Waals surface area contributed by atoms with Crippen LogP contribution in [0.25, 0.3) is 0 Å². The Morgan fingerprint density at radius 2 is 1.50 bits per heavy atom. The van der Waals surface area contributed by atoms with Crippen LogP contribution in [0.3, 0.4) is 0 Å². The zero-order chi connectivity index (χ0) is 11.4. The summed E-state index contributed by atoms with van der Waals surface area (Å²) in [4.78, 5) is 0. The normalized spacial score (nSPS) is 9.38. The van der Waals surface area contributed by atoms with E-state index in [1.54, 1.807) is 0 Å². The summed E-state index contributed by atoms with van der Waals surface area (Å²) < 4.78 is 1.06. The smallest absolute Gasteiger partial charge is 0.0260 e. The maximum Gasteiger partial charge on any atom is 0.0260 e. The summed E-state index contributed by atoms with van der Waals surface area (Å²) in [6, 6.07) is 16.2. The van der Waals surface area contributed by atoms with Gasteiger partial charge in [0.05, 0.1) is 0 Å². The topological polar surface area (TPSA) is 0 Å². The molecule has 0 nitrogen and oxygen atoms in total. The van der Waals surface area contributed by atoms with Crippen LogP contribution in [0.4, 0.5) is 0 Å². The van der Waals surface area contributed by atoms with E-state index in [9.17, 15) is 0 Å². The Hall–Kier alpha value is -1.52. The van der Waals surface area contributed by atoms with Crippen molar-refractivity contribution in [1.82, 2.24) is 0 Å². The summed E-state index contributed by atoms with van der Waals surface area (Å²) in [5, 5.41) is 0.